The monoisotopic (exact) mass is 353 g/mol. The summed E-state index contributed by atoms with van der Waals surface area (Å²) in [5.74, 6) is -0.647. The van der Waals surface area contributed by atoms with Crippen LogP contribution in [0.5, 0.6) is 0 Å². The SMILES string of the molecule is COC(=O)C(C)CC1(C(=O)NC2CCC(C(=O)OC)CC2)CCCC1. The molecular formula is C19H31NO5. The Morgan fingerprint density at radius 1 is 1.04 bits per heavy atom. The molecule has 0 saturated heterocycles. The molecule has 142 valence electrons. The smallest absolute Gasteiger partial charge is 0.308 e. The third-order valence-electron chi connectivity index (χ3n) is 5.94. The Hall–Kier alpha value is -1.59. The highest BCUT2D eigenvalue weighted by Gasteiger charge is 2.44. The summed E-state index contributed by atoms with van der Waals surface area (Å²) < 4.78 is 9.64. The van der Waals surface area contributed by atoms with E-state index >= 15 is 0 Å². The summed E-state index contributed by atoms with van der Waals surface area (Å²) in [5.41, 5.74) is -0.452. The zero-order valence-corrected chi connectivity index (χ0v) is 15.6. The number of carbonyl (C=O) groups excluding carboxylic acids is 3. The Bertz CT molecular complexity index is 490. The number of carbonyl (C=O) groups is 3. The third-order valence-corrected chi connectivity index (χ3v) is 5.94. The number of nitrogens with one attached hydrogen (secondary N) is 1. The molecule has 0 aromatic heterocycles. The summed E-state index contributed by atoms with van der Waals surface area (Å²) in [6.07, 6.45) is 7.36. The van der Waals surface area contributed by atoms with Crippen molar-refractivity contribution in [3.63, 3.8) is 0 Å². The first kappa shape index (κ1) is 19.7. The van der Waals surface area contributed by atoms with Crippen molar-refractivity contribution in [1.82, 2.24) is 5.32 Å². The molecule has 0 spiro atoms. The molecule has 2 fully saturated rings. The number of ether oxygens (including phenoxy) is 2. The van der Waals surface area contributed by atoms with E-state index in [4.69, 9.17) is 9.47 Å². The van der Waals surface area contributed by atoms with Gasteiger partial charge in [-0.25, -0.2) is 0 Å². The minimum absolute atomic E-state index is 0.0436. The largest absolute Gasteiger partial charge is 0.469 e. The lowest BCUT2D eigenvalue weighted by Gasteiger charge is -2.34. The molecule has 2 rings (SSSR count). The van der Waals surface area contributed by atoms with Crippen molar-refractivity contribution in [2.24, 2.45) is 17.3 Å². The van der Waals surface area contributed by atoms with Crippen molar-refractivity contribution in [2.75, 3.05) is 14.2 Å². The number of hydrogen-bond acceptors (Lipinski definition) is 5. The maximum Gasteiger partial charge on any atom is 0.308 e. The van der Waals surface area contributed by atoms with Crippen LogP contribution in [0.2, 0.25) is 0 Å². The van der Waals surface area contributed by atoms with E-state index in [2.05, 4.69) is 5.32 Å². The van der Waals surface area contributed by atoms with Crippen LogP contribution >= 0.6 is 0 Å². The maximum atomic E-state index is 13.0. The molecule has 0 heterocycles. The molecule has 2 saturated carbocycles. The molecule has 0 aliphatic heterocycles. The van der Waals surface area contributed by atoms with E-state index in [1.54, 1.807) is 0 Å². The highest BCUT2D eigenvalue weighted by Crippen LogP contribution is 2.44. The average Bonchev–Trinajstić information content (AvgIpc) is 3.10. The van der Waals surface area contributed by atoms with Crippen LogP contribution in [-0.2, 0) is 23.9 Å². The number of rotatable bonds is 6. The summed E-state index contributed by atoms with van der Waals surface area (Å²) >= 11 is 0. The minimum Gasteiger partial charge on any atom is -0.469 e. The molecular weight excluding hydrogens is 322 g/mol. The fraction of sp³-hybridized carbons (Fsp3) is 0.842. The molecule has 2 aliphatic rings. The average molecular weight is 353 g/mol. The second-order valence-electron chi connectivity index (χ2n) is 7.66. The lowest BCUT2D eigenvalue weighted by molar-refractivity contribution is -0.147. The van der Waals surface area contributed by atoms with Crippen LogP contribution in [0.3, 0.4) is 0 Å². The topological polar surface area (TPSA) is 81.7 Å². The number of hydrogen-bond donors (Lipinski definition) is 1. The molecule has 6 heteroatoms. The fourth-order valence-corrected chi connectivity index (χ4v) is 4.42. The van der Waals surface area contributed by atoms with Crippen LogP contribution in [0.15, 0.2) is 0 Å². The minimum atomic E-state index is -0.452. The van der Waals surface area contributed by atoms with Gasteiger partial charge < -0.3 is 14.8 Å². The molecule has 0 aromatic carbocycles. The van der Waals surface area contributed by atoms with Crippen LogP contribution in [0.25, 0.3) is 0 Å². The lowest BCUT2D eigenvalue weighted by atomic mass is 9.76. The predicted molar refractivity (Wildman–Crippen MR) is 92.6 cm³/mol. The first-order valence-electron chi connectivity index (χ1n) is 9.38. The highest BCUT2D eigenvalue weighted by atomic mass is 16.5. The Kier molecular flexibility index (Phi) is 6.85. The van der Waals surface area contributed by atoms with Crippen molar-refractivity contribution < 1.29 is 23.9 Å². The van der Waals surface area contributed by atoms with E-state index in [0.717, 1.165) is 51.4 Å². The van der Waals surface area contributed by atoms with E-state index in [-0.39, 0.29) is 35.7 Å². The molecule has 25 heavy (non-hydrogen) atoms. The van der Waals surface area contributed by atoms with Crippen molar-refractivity contribution in [3.05, 3.63) is 0 Å². The zero-order chi connectivity index (χ0) is 18.4. The fourth-order valence-electron chi connectivity index (χ4n) is 4.42. The van der Waals surface area contributed by atoms with Crippen LogP contribution < -0.4 is 5.32 Å². The summed E-state index contributed by atoms with van der Waals surface area (Å²) in [4.78, 5) is 36.4. The summed E-state index contributed by atoms with van der Waals surface area (Å²) in [5, 5.41) is 3.20. The van der Waals surface area contributed by atoms with Gasteiger partial charge in [0, 0.05) is 11.5 Å². The van der Waals surface area contributed by atoms with Gasteiger partial charge in [0.05, 0.1) is 26.1 Å². The third kappa shape index (κ3) is 4.73. The van der Waals surface area contributed by atoms with Crippen LogP contribution in [-0.4, -0.2) is 38.1 Å². The van der Waals surface area contributed by atoms with Crippen molar-refractivity contribution in [2.45, 2.75) is 70.8 Å². The van der Waals surface area contributed by atoms with Crippen molar-refractivity contribution in [3.8, 4) is 0 Å². The first-order chi connectivity index (χ1) is 11.9. The van der Waals surface area contributed by atoms with E-state index < -0.39 is 5.41 Å². The molecule has 6 nitrogen and oxygen atoms in total. The van der Waals surface area contributed by atoms with E-state index in [9.17, 15) is 14.4 Å². The van der Waals surface area contributed by atoms with Crippen molar-refractivity contribution >= 4 is 17.8 Å². The summed E-state index contributed by atoms with van der Waals surface area (Å²) in [7, 11) is 2.81. The van der Waals surface area contributed by atoms with Crippen molar-refractivity contribution in [1.29, 1.82) is 0 Å². The molecule has 1 N–H and O–H groups in total. The second-order valence-corrected chi connectivity index (χ2v) is 7.66. The van der Waals surface area contributed by atoms with Gasteiger partial charge in [0.25, 0.3) is 0 Å². The van der Waals surface area contributed by atoms with Crippen LogP contribution in [0.1, 0.15) is 64.7 Å². The van der Waals surface area contributed by atoms with Gasteiger partial charge in [0.1, 0.15) is 0 Å². The molecule has 1 atom stereocenters. The van der Waals surface area contributed by atoms with Gasteiger partial charge in [0.2, 0.25) is 5.91 Å². The second kappa shape index (κ2) is 8.68. The number of esters is 2. The van der Waals surface area contributed by atoms with E-state index in [0.29, 0.717) is 6.42 Å². The standard InChI is InChI=1S/C19H31NO5/c1-13(16(21)24-2)12-19(10-4-5-11-19)18(23)20-15-8-6-14(7-9-15)17(22)25-3/h13-15H,4-12H2,1-3H3,(H,20,23). The van der Waals surface area contributed by atoms with Gasteiger partial charge in [-0.15, -0.1) is 0 Å². The highest BCUT2D eigenvalue weighted by molar-refractivity contribution is 5.84. The van der Waals surface area contributed by atoms with Gasteiger partial charge in [-0.2, -0.15) is 0 Å². The summed E-state index contributed by atoms with van der Waals surface area (Å²) in [6.45, 7) is 1.83. The lowest BCUT2D eigenvalue weighted by Crippen LogP contribution is -2.47. The van der Waals surface area contributed by atoms with Gasteiger partial charge in [0.15, 0.2) is 0 Å². The Morgan fingerprint density at radius 3 is 2.16 bits per heavy atom. The molecule has 1 amide bonds. The normalized spacial score (nSPS) is 26.5. The predicted octanol–water partition coefficient (Wildman–Crippen LogP) is 2.59. The summed E-state index contributed by atoms with van der Waals surface area (Å²) in [6, 6.07) is 0.110. The molecule has 0 bridgehead atoms. The van der Waals surface area contributed by atoms with Crippen LogP contribution in [0.4, 0.5) is 0 Å². The first-order valence-corrected chi connectivity index (χ1v) is 9.38. The number of methoxy groups -OCH3 is 2. The molecule has 1 unspecified atom stereocenters. The van der Waals surface area contributed by atoms with E-state index in [1.165, 1.54) is 14.2 Å². The Labute approximate surface area is 150 Å². The Balaban J connectivity index is 1.93. The van der Waals surface area contributed by atoms with Gasteiger partial charge >= 0.3 is 11.9 Å². The Morgan fingerprint density at radius 2 is 1.64 bits per heavy atom. The van der Waals surface area contributed by atoms with Gasteiger partial charge in [-0.05, 0) is 44.9 Å². The quantitative estimate of drug-likeness (QED) is 0.742. The van der Waals surface area contributed by atoms with Gasteiger partial charge in [-0.3, -0.25) is 14.4 Å². The van der Waals surface area contributed by atoms with Crippen LogP contribution in [0, 0.1) is 17.3 Å². The molecule has 2 aliphatic carbocycles. The van der Waals surface area contributed by atoms with E-state index in [1.807, 2.05) is 6.92 Å². The number of amides is 1. The maximum absolute atomic E-state index is 13.0. The molecule has 0 aromatic rings. The molecule has 0 radical (unpaired) electrons. The van der Waals surface area contributed by atoms with Gasteiger partial charge in [-0.1, -0.05) is 19.8 Å². The zero-order valence-electron chi connectivity index (χ0n) is 15.6.